The predicted molar refractivity (Wildman–Crippen MR) is 240 cm³/mol. The highest BCUT2D eigenvalue weighted by atomic mass is 16.5. The third-order valence-corrected chi connectivity index (χ3v) is 12.2. The molecule has 0 fully saturated rings. The van der Waals surface area contributed by atoms with Gasteiger partial charge in [0.1, 0.15) is 0 Å². The minimum atomic E-state index is 0.874. The van der Waals surface area contributed by atoms with Crippen molar-refractivity contribution in [1.29, 1.82) is 0 Å². The number of aromatic nitrogens is 3. The van der Waals surface area contributed by atoms with Gasteiger partial charge in [-0.2, -0.15) is 0 Å². The molecule has 4 nitrogen and oxygen atoms in total. The fraction of sp³-hybridized carbons (Fsp3) is 0. The summed E-state index contributed by atoms with van der Waals surface area (Å²) in [6.45, 7) is 0. The summed E-state index contributed by atoms with van der Waals surface area (Å²) in [5.74, 6) is 1.75. The van der Waals surface area contributed by atoms with E-state index in [0.717, 1.165) is 34.1 Å². The predicted octanol–water partition coefficient (Wildman–Crippen LogP) is 14.4. The molecule has 1 aliphatic rings. The molecule has 4 heterocycles. The molecule has 0 spiro atoms. The second-order valence-electron chi connectivity index (χ2n) is 15.3. The highest BCUT2D eigenvalue weighted by Gasteiger charge is 2.26. The van der Waals surface area contributed by atoms with E-state index in [4.69, 9.17) is 4.74 Å². The fourth-order valence-corrected chi connectivity index (χ4v) is 9.76. The summed E-state index contributed by atoms with van der Waals surface area (Å²) in [6, 6.07) is 72.5. The number of ether oxygens (including phenoxy) is 1. The molecule has 0 amide bonds. The molecule has 0 bridgehead atoms. The first-order valence-corrected chi connectivity index (χ1v) is 19.8. The van der Waals surface area contributed by atoms with E-state index in [1.807, 2.05) is 12.1 Å². The Balaban J connectivity index is 0.958. The number of fused-ring (bicyclic) bond motifs is 11. The molecule has 13 rings (SSSR count). The summed E-state index contributed by atoms with van der Waals surface area (Å²) in [7, 11) is 0. The molecule has 0 saturated heterocycles. The first-order valence-electron chi connectivity index (χ1n) is 19.8. The van der Waals surface area contributed by atoms with E-state index in [9.17, 15) is 0 Å². The molecule has 0 unspecified atom stereocenters. The molecule has 0 saturated carbocycles. The van der Waals surface area contributed by atoms with E-state index in [0.29, 0.717) is 0 Å². The summed E-state index contributed by atoms with van der Waals surface area (Å²) in [5, 5.41) is 7.42. The lowest BCUT2D eigenvalue weighted by atomic mass is 9.95. The topological polar surface area (TPSA) is 24.0 Å². The van der Waals surface area contributed by atoms with Crippen molar-refractivity contribution in [2.24, 2.45) is 0 Å². The molecule has 0 atom stereocenters. The van der Waals surface area contributed by atoms with Crippen molar-refractivity contribution in [3.05, 3.63) is 200 Å². The Bertz CT molecular complexity index is 3620. The van der Waals surface area contributed by atoms with Crippen LogP contribution in [-0.4, -0.2) is 13.7 Å². The number of hydrogen-bond donors (Lipinski definition) is 0. The third kappa shape index (κ3) is 4.34. The molecule has 1 aliphatic heterocycles. The van der Waals surface area contributed by atoms with Crippen LogP contribution >= 0.6 is 0 Å². The maximum atomic E-state index is 6.51. The Labute approximate surface area is 333 Å². The Morgan fingerprint density at radius 1 is 0.310 bits per heavy atom. The second-order valence-corrected chi connectivity index (χ2v) is 15.3. The summed E-state index contributed by atoms with van der Waals surface area (Å²) in [4.78, 5) is 0. The molecule has 12 aromatic rings. The van der Waals surface area contributed by atoms with Crippen LogP contribution in [0.1, 0.15) is 0 Å². The molecule has 9 aromatic carbocycles. The Morgan fingerprint density at radius 2 is 0.845 bits per heavy atom. The SMILES string of the molecule is c1cc(-c2cccc(-n3c4ccccc4c4cc(-n5c6ccccc6c6ccccc65)ccc43)c2)cc(-c2ccc3c4c2c2ccccc2n4-c2ccccc2O3)c1. The first-order chi connectivity index (χ1) is 28.8. The fourth-order valence-electron chi connectivity index (χ4n) is 9.76. The van der Waals surface area contributed by atoms with Crippen LogP contribution in [0.2, 0.25) is 0 Å². The van der Waals surface area contributed by atoms with Gasteiger partial charge in [-0.05, 0) is 107 Å². The van der Waals surface area contributed by atoms with Gasteiger partial charge in [-0.15, -0.1) is 0 Å². The van der Waals surface area contributed by atoms with Gasteiger partial charge in [0.2, 0.25) is 0 Å². The smallest absolute Gasteiger partial charge is 0.152 e. The maximum Gasteiger partial charge on any atom is 0.152 e. The van der Waals surface area contributed by atoms with Gasteiger partial charge >= 0.3 is 0 Å². The van der Waals surface area contributed by atoms with E-state index >= 15 is 0 Å². The van der Waals surface area contributed by atoms with E-state index in [-0.39, 0.29) is 0 Å². The van der Waals surface area contributed by atoms with Gasteiger partial charge in [0.25, 0.3) is 0 Å². The van der Waals surface area contributed by atoms with Crippen LogP contribution in [0.25, 0.3) is 105 Å². The van der Waals surface area contributed by atoms with E-state index in [2.05, 4.69) is 202 Å². The highest BCUT2D eigenvalue weighted by molar-refractivity contribution is 6.18. The summed E-state index contributed by atoms with van der Waals surface area (Å²) >= 11 is 0. The minimum absolute atomic E-state index is 0.874. The lowest BCUT2D eigenvalue weighted by Crippen LogP contribution is -2.03. The zero-order chi connectivity index (χ0) is 37.9. The first kappa shape index (κ1) is 31.4. The lowest BCUT2D eigenvalue weighted by Gasteiger charge is -2.21. The van der Waals surface area contributed by atoms with Gasteiger partial charge in [-0.1, -0.05) is 115 Å². The van der Waals surface area contributed by atoms with Crippen LogP contribution in [0, 0.1) is 0 Å². The van der Waals surface area contributed by atoms with Crippen molar-refractivity contribution in [2.75, 3.05) is 0 Å². The van der Waals surface area contributed by atoms with Crippen LogP contribution in [-0.2, 0) is 0 Å². The van der Waals surface area contributed by atoms with Crippen molar-refractivity contribution in [3.63, 3.8) is 0 Å². The Kier molecular flexibility index (Phi) is 6.41. The van der Waals surface area contributed by atoms with E-state index < -0.39 is 0 Å². The molecule has 4 heteroatoms. The molecule has 0 N–H and O–H groups in total. The Morgan fingerprint density at radius 3 is 1.57 bits per heavy atom. The number of hydrogen-bond acceptors (Lipinski definition) is 1. The van der Waals surface area contributed by atoms with Crippen molar-refractivity contribution in [2.45, 2.75) is 0 Å². The van der Waals surface area contributed by atoms with Gasteiger partial charge in [-0.3, -0.25) is 0 Å². The van der Waals surface area contributed by atoms with Crippen molar-refractivity contribution >= 4 is 65.4 Å². The van der Waals surface area contributed by atoms with Gasteiger partial charge in [0.05, 0.1) is 38.8 Å². The zero-order valence-corrected chi connectivity index (χ0v) is 31.3. The number of rotatable bonds is 4. The second kappa shape index (κ2) is 11.8. The molecular formula is C54H33N3O. The van der Waals surface area contributed by atoms with Gasteiger partial charge in [0.15, 0.2) is 11.5 Å². The van der Waals surface area contributed by atoms with Crippen LogP contribution < -0.4 is 4.74 Å². The number of para-hydroxylation sites is 6. The average Bonchev–Trinajstić information content (AvgIpc) is 3.93. The van der Waals surface area contributed by atoms with Crippen molar-refractivity contribution in [3.8, 4) is 50.8 Å². The zero-order valence-electron chi connectivity index (χ0n) is 31.3. The van der Waals surface area contributed by atoms with Crippen LogP contribution in [0.15, 0.2) is 200 Å². The number of nitrogens with zero attached hydrogens (tertiary/aromatic N) is 3. The Hall–Kier alpha value is -7.82. The lowest BCUT2D eigenvalue weighted by molar-refractivity contribution is 0.476. The van der Waals surface area contributed by atoms with Crippen molar-refractivity contribution in [1.82, 2.24) is 13.7 Å². The maximum absolute atomic E-state index is 6.51. The highest BCUT2D eigenvalue weighted by Crippen LogP contribution is 2.48. The monoisotopic (exact) mass is 739 g/mol. The van der Waals surface area contributed by atoms with E-state index in [1.54, 1.807) is 0 Å². The average molecular weight is 740 g/mol. The van der Waals surface area contributed by atoms with Crippen LogP contribution in [0.3, 0.4) is 0 Å². The normalized spacial score (nSPS) is 12.3. The van der Waals surface area contributed by atoms with Crippen LogP contribution in [0.5, 0.6) is 11.5 Å². The van der Waals surface area contributed by atoms with Gasteiger partial charge < -0.3 is 18.4 Å². The molecule has 3 aromatic heterocycles. The van der Waals surface area contributed by atoms with Gasteiger partial charge in [0, 0.05) is 43.7 Å². The summed E-state index contributed by atoms with van der Waals surface area (Å²) in [6.07, 6.45) is 0. The summed E-state index contributed by atoms with van der Waals surface area (Å²) < 4.78 is 13.7. The molecule has 0 radical (unpaired) electrons. The van der Waals surface area contributed by atoms with Gasteiger partial charge in [-0.25, -0.2) is 0 Å². The number of benzene rings is 9. The molecule has 270 valence electrons. The quantitative estimate of drug-likeness (QED) is 0.176. The third-order valence-electron chi connectivity index (χ3n) is 12.2. The van der Waals surface area contributed by atoms with Crippen LogP contribution in [0.4, 0.5) is 0 Å². The summed E-state index contributed by atoms with van der Waals surface area (Å²) in [5.41, 5.74) is 15.1. The minimum Gasteiger partial charge on any atom is -0.453 e. The molecule has 0 aliphatic carbocycles. The largest absolute Gasteiger partial charge is 0.453 e. The van der Waals surface area contributed by atoms with Crippen molar-refractivity contribution < 1.29 is 4.74 Å². The van der Waals surface area contributed by atoms with E-state index in [1.165, 1.54) is 82.2 Å². The standard InChI is InChI=1S/C54H33N3O/c1-5-21-45-40(17-1)41-18-2-6-22-46(41)56(45)38-27-29-49-44(33-38)42-19-3-7-23-47(42)55(49)37-16-12-14-35(32-37)34-13-11-15-36(31-34)39-28-30-52-54-53(39)43-20-4-8-24-48(43)57(54)50-25-9-10-26-51(50)58-52/h1-33H. The molecular weight excluding hydrogens is 707 g/mol. The molecule has 58 heavy (non-hydrogen) atoms.